The zero-order valence-corrected chi connectivity index (χ0v) is 13.9. The van der Waals surface area contributed by atoms with Crippen LogP contribution in [-0.2, 0) is 6.54 Å². The van der Waals surface area contributed by atoms with Crippen LogP contribution in [0.1, 0.15) is 11.1 Å². The van der Waals surface area contributed by atoms with Crippen molar-refractivity contribution in [3.8, 4) is 0 Å². The summed E-state index contributed by atoms with van der Waals surface area (Å²) in [5, 5.41) is 4.23. The number of halogens is 2. The summed E-state index contributed by atoms with van der Waals surface area (Å²) in [6.07, 6.45) is 0. The number of hydrogen-bond donors (Lipinski definition) is 1. The third-order valence-corrected chi connectivity index (χ3v) is 5.64. The van der Waals surface area contributed by atoms with Gasteiger partial charge in [0.1, 0.15) is 11.5 Å². The first-order chi connectivity index (χ1) is 9.79. The van der Waals surface area contributed by atoms with Gasteiger partial charge in [-0.25, -0.2) is 8.78 Å². The lowest BCUT2D eigenvalue weighted by Gasteiger charge is -2.17. The minimum absolute atomic E-state index is 0.0516. The lowest BCUT2D eigenvalue weighted by atomic mass is 10.1. The van der Waals surface area contributed by atoms with E-state index in [0.29, 0.717) is 12.1 Å². The van der Waals surface area contributed by atoms with Crippen molar-refractivity contribution in [2.45, 2.75) is 33.1 Å². The smallest absolute Gasteiger partial charge is 0.152 e. The quantitative estimate of drug-likeness (QED) is 0.824. The molecule has 0 bridgehead atoms. The average Bonchev–Trinajstić information content (AvgIpc) is 2.43. The van der Waals surface area contributed by atoms with E-state index in [2.05, 4.69) is 37.1 Å². The van der Waals surface area contributed by atoms with Crippen LogP contribution in [0.15, 0.2) is 36.4 Å². The number of nitrogens with one attached hydrogen (secondary N) is 1. The fraction of sp³-hybridized carbons (Fsp3) is 0.294. The topological polar surface area (TPSA) is 12.0 Å². The lowest BCUT2D eigenvalue weighted by molar-refractivity contribution is 0.582. The maximum Gasteiger partial charge on any atom is 0.152 e. The SMILES string of the molecule is Cc1ccc(F)c(NCc2ccc([Si](C)(C)C)cc2)c1F. The van der Waals surface area contributed by atoms with Crippen LogP contribution in [0.3, 0.4) is 0 Å². The monoisotopic (exact) mass is 305 g/mol. The zero-order chi connectivity index (χ0) is 15.6. The largest absolute Gasteiger partial charge is 0.376 e. The molecule has 1 nitrogen and oxygen atoms in total. The van der Waals surface area contributed by atoms with Gasteiger partial charge in [-0.05, 0) is 24.1 Å². The molecule has 0 amide bonds. The highest BCUT2D eigenvalue weighted by atomic mass is 28.3. The Balaban J connectivity index is 2.12. The maximum absolute atomic E-state index is 13.9. The van der Waals surface area contributed by atoms with Gasteiger partial charge in [0, 0.05) is 6.54 Å². The average molecular weight is 305 g/mol. The lowest BCUT2D eigenvalue weighted by Crippen LogP contribution is -2.37. The highest BCUT2D eigenvalue weighted by Crippen LogP contribution is 2.22. The molecule has 4 heteroatoms. The fourth-order valence-electron chi connectivity index (χ4n) is 2.13. The molecule has 0 aliphatic heterocycles. The summed E-state index contributed by atoms with van der Waals surface area (Å²) in [6, 6.07) is 11.0. The molecule has 0 heterocycles. The molecule has 2 rings (SSSR count). The second-order valence-electron chi connectivity index (χ2n) is 6.35. The maximum atomic E-state index is 13.9. The summed E-state index contributed by atoms with van der Waals surface area (Å²) in [6.45, 7) is 8.90. The molecule has 112 valence electrons. The summed E-state index contributed by atoms with van der Waals surface area (Å²) in [4.78, 5) is 0. The van der Waals surface area contributed by atoms with Crippen LogP contribution in [-0.4, -0.2) is 8.07 Å². The Bertz CT molecular complexity index is 630. The molecule has 2 aromatic carbocycles. The molecule has 0 unspecified atom stereocenters. The summed E-state index contributed by atoms with van der Waals surface area (Å²) in [7, 11) is -1.31. The van der Waals surface area contributed by atoms with Gasteiger partial charge in [0.25, 0.3) is 0 Å². The molecule has 0 aromatic heterocycles. The predicted octanol–water partition coefficient (Wildman–Crippen LogP) is 4.43. The third-order valence-electron chi connectivity index (χ3n) is 3.57. The Morgan fingerprint density at radius 2 is 1.57 bits per heavy atom. The van der Waals surface area contributed by atoms with Crippen molar-refractivity contribution >= 4 is 18.9 Å². The van der Waals surface area contributed by atoms with E-state index in [0.717, 1.165) is 5.56 Å². The molecule has 0 aliphatic rings. The van der Waals surface area contributed by atoms with E-state index in [1.165, 1.54) is 17.3 Å². The van der Waals surface area contributed by atoms with E-state index < -0.39 is 19.7 Å². The molecule has 0 fully saturated rings. The van der Waals surface area contributed by atoms with Gasteiger partial charge in [0.15, 0.2) is 5.82 Å². The normalized spacial score (nSPS) is 11.5. The molecular weight excluding hydrogens is 284 g/mol. The molecule has 0 aliphatic carbocycles. The number of hydrogen-bond acceptors (Lipinski definition) is 1. The standard InChI is InChI=1S/C17H21F2NSi/c1-12-5-10-15(18)17(16(12)19)20-11-13-6-8-14(9-7-13)21(2,3)4/h5-10,20H,11H2,1-4H3. The van der Waals surface area contributed by atoms with Gasteiger partial charge in [0.05, 0.1) is 8.07 Å². The van der Waals surface area contributed by atoms with Crippen molar-refractivity contribution in [1.82, 2.24) is 0 Å². The van der Waals surface area contributed by atoms with Crippen LogP contribution in [0, 0.1) is 18.6 Å². The second kappa shape index (κ2) is 5.98. The minimum atomic E-state index is -1.31. The van der Waals surface area contributed by atoms with Gasteiger partial charge in [-0.15, -0.1) is 0 Å². The van der Waals surface area contributed by atoms with Crippen LogP contribution in [0.5, 0.6) is 0 Å². The molecule has 2 aromatic rings. The highest BCUT2D eigenvalue weighted by Gasteiger charge is 2.16. The van der Waals surface area contributed by atoms with E-state index in [9.17, 15) is 8.78 Å². The highest BCUT2D eigenvalue weighted by molar-refractivity contribution is 6.88. The van der Waals surface area contributed by atoms with Crippen molar-refractivity contribution in [3.05, 3.63) is 59.2 Å². The Morgan fingerprint density at radius 1 is 0.952 bits per heavy atom. The van der Waals surface area contributed by atoms with E-state index >= 15 is 0 Å². The van der Waals surface area contributed by atoms with Gasteiger partial charge in [-0.2, -0.15) is 0 Å². The zero-order valence-electron chi connectivity index (χ0n) is 12.9. The van der Waals surface area contributed by atoms with Gasteiger partial charge < -0.3 is 5.32 Å². The second-order valence-corrected chi connectivity index (χ2v) is 11.4. The Labute approximate surface area is 126 Å². The van der Waals surface area contributed by atoms with Crippen molar-refractivity contribution < 1.29 is 8.78 Å². The summed E-state index contributed by atoms with van der Waals surface area (Å²) >= 11 is 0. The number of aryl methyl sites for hydroxylation is 1. The van der Waals surface area contributed by atoms with Crippen LogP contribution in [0.25, 0.3) is 0 Å². The van der Waals surface area contributed by atoms with Crippen LogP contribution in [0.4, 0.5) is 14.5 Å². The molecule has 1 N–H and O–H groups in total. The third kappa shape index (κ3) is 3.70. The van der Waals surface area contributed by atoms with Crippen LogP contribution >= 0.6 is 0 Å². The van der Waals surface area contributed by atoms with Crippen molar-refractivity contribution in [3.63, 3.8) is 0 Å². The molecule has 0 atom stereocenters. The van der Waals surface area contributed by atoms with Crippen molar-refractivity contribution in [1.29, 1.82) is 0 Å². The summed E-state index contributed by atoms with van der Waals surface area (Å²) < 4.78 is 27.5. The van der Waals surface area contributed by atoms with E-state index in [-0.39, 0.29) is 5.69 Å². The molecule has 0 spiro atoms. The van der Waals surface area contributed by atoms with Crippen LogP contribution in [0.2, 0.25) is 19.6 Å². The summed E-state index contributed by atoms with van der Waals surface area (Å²) in [5.74, 6) is -1.08. The number of rotatable bonds is 4. The summed E-state index contributed by atoms with van der Waals surface area (Å²) in [5.41, 5.74) is 1.40. The number of benzene rings is 2. The van der Waals surface area contributed by atoms with E-state index in [1.807, 2.05) is 12.1 Å². The Hall–Kier alpha value is -1.68. The van der Waals surface area contributed by atoms with Crippen molar-refractivity contribution in [2.24, 2.45) is 0 Å². The van der Waals surface area contributed by atoms with Crippen LogP contribution < -0.4 is 10.5 Å². The molecule has 0 saturated heterocycles. The van der Waals surface area contributed by atoms with Gasteiger partial charge in [0.2, 0.25) is 0 Å². The first-order valence-electron chi connectivity index (χ1n) is 7.07. The fourth-order valence-corrected chi connectivity index (χ4v) is 3.30. The molecular formula is C17H21F2NSi. The minimum Gasteiger partial charge on any atom is -0.376 e. The first-order valence-corrected chi connectivity index (χ1v) is 10.6. The van der Waals surface area contributed by atoms with Gasteiger partial charge in [-0.3, -0.25) is 0 Å². The molecule has 0 saturated carbocycles. The van der Waals surface area contributed by atoms with E-state index in [4.69, 9.17) is 0 Å². The van der Waals surface area contributed by atoms with E-state index in [1.54, 1.807) is 6.92 Å². The molecule has 0 radical (unpaired) electrons. The predicted molar refractivity (Wildman–Crippen MR) is 87.8 cm³/mol. The van der Waals surface area contributed by atoms with Crippen molar-refractivity contribution in [2.75, 3.05) is 5.32 Å². The first kappa shape index (κ1) is 15.7. The Kier molecular flexibility index (Phi) is 4.47. The Morgan fingerprint density at radius 3 is 2.14 bits per heavy atom. The number of anilines is 1. The molecule has 21 heavy (non-hydrogen) atoms. The van der Waals surface area contributed by atoms with Gasteiger partial charge >= 0.3 is 0 Å². The van der Waals surface area contributed by atoms with Gasteiger partial charge in [-0.1, -0.05) is 55.2 Å².